The summed E-state index contributed by atoms with van der Waals surface area (Å²) < 4.78 is 38.5. The van der Waals surface area contributed by atoms with Crippen LogP contribution in [0.15, 0.2) is 186 Å². The number of nitrogens with zero attached hydrogens (tertiary/aromatic N) is 8. The van der Waals surface area contributed by atoms with Crippen molar-refractivity contribution in [3.8, 4) is 56.4 Å². The molecular formula is C95H100N16O16S5. The maximum Gasteiger partial charge on any atom is 0.352 e. The molecule has 2 saturated heterocycles. The second kappa shape index (κ2) is 43.9. The number of phenols is 2. The predicted molar refractivity (Wildman–Crippen MR) is 528 cm³/mol. The van der Waals surface area contributed by atoms with E-state index in [0.29, 0.717) is 190 Å². The Morgan fingerprint density at radius 2 is 1.08 bits per heavy atom. The molecule has 2 unspecified atom stereocenters. The topological polar surface area (TPSA) is 446 Å². The van der Waals surface area contributed by atoms with Crippen LogP contribution < -0.4 is 55.0 Å². The van der Waals surface area contributed by atoms with E-state index < -0.39 is 11.9 Å². The number of nitrogens with two attached hydrogens (primary N) is 2. The summed E-state index contributed by atoms with van der Waals surface area (Å²) in [5, 5.41) is 55.5. The molecule has 2 atom stereocenters. The molecule has 4 aromatic carbocycles. The van der Waals surface area contributed by atoms with Gasteiger partial charge < -0.3 is 101 Å². The van der Waals surface area contributed by atoms with Gasteiger partial charge in [-0.2, -0.15) is 0 Å². The van der Waals surface area contributed by atoms with E-state index in [-0.39, 0.29) is 55.9 Å². The molecule has 6 aromatic heterocycles. The fourth-order valence-corrected chi connectivity index (χ4v) is 19.1. The largest absolute Gasteiger partial charge is 0.508 e. The zero-order valence-corrected chi connectivity index (χ0v) is 76.6. The number of likely N-dealkylation sites (tertiary alicyclic amines) is 2. The lowest BCUT2D eigenvalue weighted by atomic mass is 9.89. The number of nitrogens with one attached hydrogen (secondary N) is 6. The lowest BCUT2D eigenvalue weighted by Crippen LogP contribution is -2.40. The van der Waals surface area contributed by atoms with Crippen LogP contribution in [-0.4, -0.2) is 206 Å². The van der Waals surface area contributed by atoms with Crippen LogP contribution in [0.1, 0.15) is 87.3 Å². The van der Waals surface area contributed by atoms with Gasteiger partial charge in [-0.25, -0.2) is 39.1 Å². The molecule has 10 heterocycles. The van der Waals surface area contributed by atoms with Gasteiger partial charge in [0.2, 0.25) is 0 Å². The fourth-order valence-electron chi connectivity index (χ4n) is 16.7. The Bertz CT molecular complexity index is 6740. The lowest BCUT2D eigenvalue weighted by molar-refractivity contribution is 0.0188. The summed E-state index contributed by atoms with van der Waals surface area (Å²) >= 11 is 16.6. The molecular weight excluding hydrogens is 1780 g/mol. The highest BCUT2D eigenvalue weighted by Crippen LogP contribution is 2.45. The summed E-state index contributed by atoms with van der Waals surface area (Å²) in [6, 6.07) is 39.7. The number of carbonyl (C=O) groups is 2. The van der Waals surface area contributed by atoms with Gasteiger partial charge in [-0.1, -0.05) is 64.1 Å². The summed E-state index contributed by atoms with van der Waals surface area (Å²) in [7, 11) is 3.30. The molecule has 2 fully saturated rings. The lowest BCUT2D eigenvalue weighted by Gasteiger charge is -2.32. The minimum atomic E-state index is -1.15. The summed E-state index contributed by atoms with van der Waals surface area (Å²) in [5.74, 6) is 2.73. The predicted octanol–water partition coefficient (Wildman–Crippen LogP) is 14.0. The van der Waals surface area contributed by atoms with E-state index in [9.17, 15) is 49.2 Å². The number of anilines is 5. The van der Waals surface area contributed by atoms with Crippen molar-refractivity contribution in [1.29, 1.82) is 0 Å². The number of pyridine rings is 4. The number of aromatic nitrogens is 8. The van der Waals surface area contributed by atoms with Crippen LogP contribution in [0, 0.1) is 25.7 Å². The second-order valence-corrected chi connectivity index (χ2v) is 36.5. The third-order valence-electron chi connectivity index (χ3n) is 22.8. The van der Waals surface area contributed by atoms with Crippen LogP contribution in [-0.2, 0) is 38.5 Å². The first-order valence-electron chi connectivity index (χ1n) is 43.3. The maximum atomic E-state index is 12.6. The molecule has 686 valence electrons. The zero-order chi connectivity index (χ0) is 92.5. The molecule has 4 aliphatic heterocycles. The van der Waals surface area contributed by atoms with Gasteiger partial charge in [0.05, 0.1) is 61.7 Å². The van der Waals surface area contributed by atoms with Crippen molar-refractivity contribution >= 4 is 158 Å². The quantitative estimate of drug-likeness (QED) is 0.00744. The van der Waals surface area contributed by atoms with Crippen LogP contribution in [0.25, 0.3) is 88.9 Å². The zero-order valence-electron chi connectivity index (χ0n) is 72.5. The first-order valence-corrected chi connectivity index (χ1v) is 47.0. The Kier molecular flexibility index (Phi) is 31.2. The summed E-state index contributed by atoms with van der Waals surface area (Å²) in [4.78, 5) is 104. The number of H-pyrrole nitrogens is 2. The Labute approximate surface area is 781 Å². The number of ether oxygens (including phenoxy) is 4. The Hall–Kier alpha value is -12.9. The third kappa shape index (κ3) is 24.1. The number of benzene rings is 6. The van der Waals surface area contributed by atoms with Gasteiger partial charge in [0, 0.05) is 175 Å². The number of piperidine rings is 2. The van der Waals surface area contributed by atoms with Gasteiger partial charge in [-0.05, 0) is 207 Å². The SMILES string of the molecule is Cc1cc2c([nH]c(=O)n2Cc2ccc(NCCN3CCCC(COC(=S)OCCSSCCNC(=S)Nc4ccc(-c5c6ccc(=O)cc-6oc6cc(O)ccc56)c(C(=O)O)c4)C3)nc2)c(N)n1.Cc1cc2c([nH]c(=O)n2Cc2ccc(NCCN3CCCC(COCCOCCCC(=S)Cc4ccc(-c5c6ccc(=O)cc-6oc6cc(O)ccc56)c(C(=O)O)c4)C3)nc2)c(N)n1. The molecule has 0 spiro atoms. The molecule has 0 saturated carbocycles. The summed E-state index contributed by atoms with van der Waals surface area (Å²) in [6.45, 7) is 15.4. The van der Waals surface area contributed by atoms with E-state index in [1.807, 2.05) is 56.3 Å². The number of rotatable bonds is 37. The fraction of sp³-hybridized carbons (Fsp3) is 0.316. The highest BCUT2D eigenvalue weighted by Gasteiger charge is 2.28. The number of imidazole rings is 2. The first-order chi connectivity index (χ1) is 63.9. The number of aryl methyl sites for hydroxylation is 2. The number of hydrogen-bond donors (Lipinski definition) is 12. The van der Waals surface area contributed by atoms with Crippen molar-refractivity contribution in [2.24, 2.45) is 11.8 Å². The van der Waals surface area contributed by atoms with Crippen LogP contribution in [0.2, 0.25) is 0 Å². The van der Waals surface area contributed by atoms with Crippen molar-refractivity contribution in [3.63, 3.8) is 0 Å². The van der Waals surface area contributed by atoms with E-state index in [4.69, 9.17) is 75.9 Å². The number of thiocarbonyl (C=S) groups is 3. The molecule has 0 bridgehead atoms. The maximum absolute atomic E-state index is 12.6. The minimum absolute atomic E-state index is 0.00917. The molecule has 37 heteroatoms. The van der Waals surface area contributed by atoms with Crippen molar-refractivity contribution < 1.29 is 57.8 Å². The second-order valence-electron chi connectivity index (χ2n) is 32.5. The number of carboxylic acids is 2. The van der Waals surface area contributed by atoms with E-state index in [2.05, 4.69) is 61.0 Å². The number of fused-ring (bicyclic) bond motifs is 6. The van der Waals surface area contributed by atoms with Gasteiger partial charge in [0.25, 0.3) is 0 Å². The molecule has 6 aliphatic rings. The molecule has 16 rings (SSSR count). The third-order valence-corrected chi connectivity index (χ3v) is 26.0. The number of aromatic hydroxyl groups is 2. The van der Waals surface area contributed by atoms with E-state index in [1.165, 1.54) is 54.6 Å². The minimum Gasteiger partial charge on any atom is -0.508 e. The molecule has 14 N–H and O–H groups in total. The van der Waals surface area contributed by atoms with Gasteiger partial charge in [0.15, 0.2) is 16.0 Å². The molecule has 132 heavy (non-hydrogen) atoms. The number of aromatic carboxylic acids is 2. The first kappa shape index (κ1) is 93.8. The Morgan fingerprint density at radius 1 is 0.561 bits per heavy atom. The van der Waals surface area contributed by atoms with E-state index >= 15 is 0 Å². The normalized spacial score (nSPS) is 14.2. The monoisotopic (exact) mass is 1880 g/mol. The Balaban J connectivity index is 0.000000202. The number of phenolic OH excluding ortho intramolecular Hbond substituents is 2. The molecule has 0 amide bonds. The van der Waals surface area contributed by atoms with Crippen LogP contribution in [0.4, 0.5) is 29.0 Å². The number of aromatic amines is 2. The highest BCUT2D eigenvalue weighted by molar-refractivity contribution is 8.76. The van der Waals surface area contributed by atoms with Crippen molar-refractivity contribution in [3.05, 3.63) is 239 Å². The van der Waals surface area contributed by atoms with Gasteiger partial charge in [0.1, 0.15) is 75.1 Å². The van der Waals surface area contributed by atoms with Crippen molar-refractivity contribution in [1.82, 2.24) is 54.2 Å². The highest BCUT2D eigenvalue weighted by atomic mass is 33.1. The number of hydrogen-bond acceptors (Lipinski definition) is 29. The van der Waals surface area contributed by atoms with Crippen molar-refractivity contribution in [2.45, 2.75) is 71.9 Å². The number of carboxylic acid groups (broad SMARTS) is 2. The molecule has 10 aromatic rings. The average molecular weight is 1880 g/mol. The molecule has 32 nitrogen and oxygen atoms in total. The van der Waals surface area contributed by atoms with Crippen LogP contribution in [0.5, 0.6) is 11.5 Å². The van der Waals surface area contributed by atoms with Gasteiger partial charge in [-0.3, -0.25) is 18.7 Å². The summed E-state index contributed by atoms with van der Waals surface area (Å²) in [5.41, 5.74) is 22.1. The van der Waals surface area contributed by atoms with Crippen molar-refractivity contribution in [2.75, 3.05) is 137 Å². The van der Waals surface area contributed by atoms with Gasteiger partial charge in [-0.15, -0.1) is 0 Å². The molecule has 2 aliphatic carbocycles. The standard InChI is InChI=1S/C48H51N7O8S.C47H49N9O8S4/c1-29-20-40-45(46(49)52-29)53-48(60)55(40)27-31-7-13-43(51-25-31)50-14-16-54-15-2-4-32(26-54)28-62-19-18-61-17-3-5-35(64)21-30-6-10-36(39(22-30)47(58)59)44-37-11-8-33(56)23-41(37)63-42-24-34(57)9-12-38(42)44;1-27-19-37-42(43(48)52-27)54-46(61)56(37)25-28-4-11-40(51-23-28)49-12-15-55-14-2-3-29(24-55)26-63-47(66)62-16-18-68-67-17-13-50-45(65)53-30-5-8-33(36(20-30)44(59)60)41-34-9-6-31(57)21-38(34)64-39-22-32(58)7-10-35(39)41/h6-13,20,22-25,32,56H,2-5,14-19,21,26-28H2,1H3,(H2,49,52)(H,50,51)(H,53,60)(H,58,59);4-11,19-23,29,57H,2-3,12-18,24-26H2,1H3,(H2,48,52)(H,49,51)(H,54,61)(H,59,60)(H2,50,53,65). The Morgan fingerprint density at radius 3 is 1.62 bits per heavy atom. The molecule has 0 radical (unpaired) electrons. The number of nitrogen functional groups attached to an aromatic ring is 2. The van der Waals surface area contributed by atoms with Crippen LogP contribution in [0.3, 0.4) is 0 Å². The van der Waals surface area contributed by atoms with E-state index in [1.54, 1.807) is 91.6 Å². The van der Waals surface area contributed by atoms with Crippen LogP contribution >= 0.6 is 58.2 Å². The average Bonchev–Trinajstić information content (AvgIpc) is 1.44. The van der Waals surface area contributed by atoms with Gasteiger partial charge >= 0.3 is 28.6 Å². The smallest absolute Gasteiger partial charge is 0.352 e. The summed E-state index contributed by atoms with van der Waals surface area (Å²) in [6.07, 6.45) is 9.81. The van der Waals surface area contributed by atoms with E-state index in [0.717, 1.165) is 140 Å².